The number of ether oxygens (including phenoxy) is 1. The molecule has 0 N–H and O–H groups in total. The molecule has 0 saturated carbocycles. The lowest BCUT2D eigenvalue weighted by atomic mass is 9.39. The summed E-state index contributed by atoms with van der Waals surface area (Å²) in [4.78, 5) is 23.9. The molecule has 0 unspecified atom stereocenters. The van der Waals surface area contributed by atoms with E-state index in [2.05, 4.69) is 33.1 Å². The summed E-state index contributed by atoms with van der Waals surface area (Å²) in [6.45, 7) is 4.00. The van der Waals surface area contributed by atoms with E-state index in [9.17, 15) is 4.79 Å². The van der Waals surface area contributed by atoms with E-state index >= 15 is 0 Å². The minimum atomic E-state index is -1.70. The fourth-order valence-corrected chi connectivity index (χ4v) is 5.79. The van der Waals surface area contributed by atoms with E-state index < -0.39 is 5.11 Å². The molecule has 32 heavy (non-hydrogen) atoms. The van der Waals surface area contributed by atoms with Crippen molar-refractivity contribution in [1.29, 1.82) is 0 Å². The number of thioether (sulfide) groups is 1. The van der Waals surface area contributed by atoms with Crippen LogP contribution in [0.3, 0.4) is 0 Å². The maximum Gasteiger partial charge on any atom is 0.286 e. The number of rotatable bonds is 2. The van der Waals surface area contributed by atoms with Crippen LogP contribution in [-0.4, -0.2) is 57.6 Å². The van der Waals surface area contributed by atoms with Gasteiger partial charge >= 0.3 is 0 Å². The molecular weight excluding hydrogens is 415 g/mol. The number of carbonyl (C=O) groups excluding carboxylic acids is 1. The van der Waals surface area contributed by atoms with Gasteiger partial charge in [0.05, 0.1) is 40.7 Å². The Bertz CT molecular complexity index is 1130. The number of amides is 1. The van der Waals surface area contributed by atoms with Crippen LogP contribution in [0.5, 0.6) is 0 Å². The summed E-state index contributed by atoms with van der Waals surface area (Å²) in [7, 11) is 18.2. The van der Waals surface area contributed by atoms with Crippen LogP contribution in [0.25, 0.3) is 5.57 Å². The molecule has 4 heterocycles. The number of aryl methyl sites for hydroxylation is 1. The predicted molar refractivity (Wildman–Crippen MR) is 130 cm³/mol. The number of benzene rings is 1. The van der Waals surface area contributed by atoms with Gasteiger partial charge in [-0.25, -0.2) is 0 Å². The fraction of sp³-hybridized carbons (Fsp3) is 0.348. The molecule has 3 aliphatic rings. The lowest BCUT2D eigenvalue weighted by molar-refractivity contribution is -0.113. The van der Waals surface area contributed by atoms with Crippen molar-refractivity contribution in [2.45, 2.75) is 37.1 Å². The van der Waals surface area contributed by atoms with Crippen LogP contribution in [0, 0.1) is 6.92 Å². The molecular formula is C23H20B3N3O2S. The van der Waals surface area contributed by atoms with Crippen molar-refractivity contribution in [1.82, 2.24) is 9.88 Å². The topological polar surface area (TPSA) is 54.8 Å². The van der Waals surface area contributed by atoms with Gasteiger partial charge in [-0.15, -0.1) is 5.11 Å². The lowest BCUT2D eigenvalue weighted by Crippen LogP contribution is -2.44. The number of pyridine rings is 1. The number of carbonyl (C=O) groups is 1. The standard InChI is InChI=1S/C23H20B3N3O2S/c1-14-6-7-15(12-27-14)18(23(24,25)26)19-20(30)28-21(32-19)29-10-8-22(9-11-29)17-5-3-2-4-16(17)13-31-22/h2-7,12H,8-11,13H2,1H3/b19-18-. The molecule has 1 fully saturated rings. The maximum atomic E-state index is 12.9. The van der Waals surface area contributed by atoms with Gasteiger partial charge in [-0.2, -0.15) is 4.99 Å². The number of piperidine rings is 1. The Morgan fingerprint density at radius 1 is 1.16 bits per heavy atom. The SMILES string of the molecule is [B]C([B])([B])/C(=C1\SC(N2CCC3(CC2)OCc2ccccc23)=NC1=O)c1ccc(C)nc1. The van der Waals surface area contributed by atoms with Gasteiger partial charge in [0.15, 0.2) is 5.17 Å². The second-order valence-electron chi connectivity index (χ2n) is 8.55. The summed E-state index contributed by atoms with van der Waals surface area (Å²) in [6, 6.07) is 12.1. The Morgan fingerprint density at radius 3 is 2.59 bits per heavy atom. The lowest BCUT2D eigenvalue weighted by Gasteiger charge is -2.39. The van der Waals surface area contributed by atoms with Gasteiger partial charge in [0.1, 0.15) is 0 Å². The van der Waals surface area contributed by atoms with E-state index in [1.54, 1.807) is 6.20 Å². The average Bonchev–Trinajstić information content (AvgIpc) is 3.31. The molecule has 6 radical (unpaired) electrons. The molecule has 0 aliphatic carbocycles. The van der Waals surface area contributed by atoms with Crippen LogP contribution in [0.2, 0.25) is 5.11 Å². The first kappa shape index (κ1) is 21.6. The van der Waals surface area contributed by atoms with Crippen LogP contribution in [0.4, 0.5) is 0 Å². The summed E-state index contributed by atoms with van der Waals surface area (Å²) >= 11 is 1.27. The summed E-state index contributed by atoms with van der Waals surface area (Å²) in [5, 5.41) is -1.05. The van der Waals surface area contributed by atoms with Gasteiger partial charge in [0.25, 0.3) is 5.91 Å². The van der Waals surface area contributed by atoms with Crippen molar-refractivity contribution in [3.63, 3.8) is 0 Å². The zero-order valence-electron chi connectivity index (χ0n) is 17.9. The van der Waals surface area contributed by atoms with Gasteiger partial charge in [-0.1, -0.05) is 30.3 Å². The quantitative estimate of drug-likeness (QED) is 0.537. The normalized spacial score (nSPS) is 21.6. The van der Waals surface area contributed by atoms with Gasteiger partial charge in [0.2, 0.25) is 0 Å². The number of allylic oxidation sites excluding steroid dienone is 1. The third kappa shape index (κ3) is 3.75. The first-order chi connectivity index (χ1) is 15.3. The molecule has 9 heteroatoms. The summed E-state index contributed by atoms with van der Waals surface area (Å²) < 4.78 is 6.25. The number of hydrogen-bond donors (Lipinski definition) is 0. The molecule has 5 rings (SSSR count). The highest BCUT2D eigenvalue weighted by molar-refractivity contribution is 8.18. The molecule has 3 aliphatic heterocycles. The number of nitrogens with zero attached hydrogens (tertiary/aromatic N) is 3. The highest BCUT2D eigenvalue weighted by Crippen LogP contribution is 2.46. The second kappa shape index (κ2) is 7.96. The number of hydrogen-bond acceptors (Lipinski definition) is 5. The molecule has 0 atom stereocenters. The Morgan fingerprint density at radius 2 is 1.91 bits per heavy atom. The minimum Gasteiger partial charge on any atom is -0.365 e. The fourth-order valence-electron chi connectivity index (χ4n) is 4.64. The first-order valence-corrected chi connectivity index (χ1v) is 11.4. The number of fused-ring (bicyclic) bond motifs is 2. The van der Waals surface area contributed by atoms with Crippen molar-refractivity contribution in [2.24, 2.45) is 4.99 Å². The summed E-state index contributed by atoms with van der Waals surface area (Å²) in [5.41, 5.74) is 4.10. The van der Waals surface area contributed by atoms with E-state index in [1.807, 2.05) is 25.1 Å². The first-order valence-electron chi connectivity index (χ1n) is 10.6. The summed E-state index contributed by atoms with van der Waals surface area (Å²) in [6.07, 6.45) is 3.30. The van der Waals surface area contributed by atoms with Gasteiger partial charge in [-0.05, 0) is 59.9 Å². The zero-order chi connectivity index (χ0) is 22.5. The monoisotopic (exact) mass is 435 g/mol. The van der Waals surface area contributed by atoms with Crippen molar-refractivity contribution in [3.8, 4) is 0 Å². The molecule has 5 nitrogen and oxygen atoms in total. The van der Waals surface area contributed by atoms with Gasteiger partial charge in [0, 0.05) is 25.0 Å². The second-order valence-corrected chi connectivity index (χ2v) is 9.53. The smallest absolute Gasteiger partial charge is 0.286 e. The van der Waals surface area contributed by atoms with E-state index in [1.165, 1.54) is 22.9 Å². The van der Waals surface area contributed by atoms with Gasteiger partial charge < -0.3 is 9.64 Å². The number of aliphatic imine (C=N–C) groups is 1. The zero-order valence-corrected chi connectivity index (χ0v) is 18.7. The number of aromatic nitrogens is 1. The summed E-state index contributed by atoms with van der Waals surface area (Å²) in [5.74, 6) is -0.381. The highest BCUT2D eigenvalue weighted by Gasteiger charge is 2.44. The van der Waals surface area contributed by atoms with Crippen LogP contribution in [-0.2, 0) is 21.7 Å². The average molecular weight is 435 g/mol. The number of likely N-dealkylation sites (tertiary alicyclic amines) is 1. The van der Waals surface area contributed by atoms with E-state index in [0.29, 0.717) is 27.8 Å². The highest BCUT2D eigenvalue weighted by atomic mass is 32.2. The third-order valence-electron chi connectivity index (χ3n) is 6.30. The molecule has 1 saturated heterocycles. The van der Waals surface area contributed by atoms with Crippen molar-refractivity contribution in [3.05, 3.63) is 69.9 Å². The molecule has 1 aromatic heterocycles. The van der Waals surface area contributed by atoms with Crippen molar-refractivity contribution >= 4 is 51.9 Å². The Balaban J connectivity index is 1.38. The maximum absolute atomic E-state index is 12.9. The molecule has 1 aromatic carbocycles. The minimum absolute atomic E-state index is 0.251. The molecule has 1 spiro atoms. The van der Waals surface area contributed by atoms with Crippen LogP contribution in [0.15, 0.2) is 52.5 Å². The Hall–Kier alpha value is -2.25. The third-order valence-corrected chi connectivity index (χ3v) is 7.41. The van der Waals surface area contributed by atoms with E-state index in [-0.39, 0.29) is 11.5 Å². The van der Waals surface area contributed by atoms with Crippen LogP contribution in [0.1, 0.15) is 35.2 Å². The largest absolute Gasteiger partial charge is 0.365 e. The van der Waals surface area contributed by atoms with E-state index in [4.69, 9.17) is 28.3 Å². The van der Waals surface area contributed by atoms with Gasteiger partial charge in [-0.3, -0.25) is 9.78 Å². The Kier molecular flexibility index (Phi) is 5.37. The van der Waals surface area contributed by atoms with Crippen LogP contribution >= 0.6 is 11.8 Å². The molecule has 0 bridgehead atoms. The molecule has 154 valence electrons. The van der Waals surface area contributed by atoms with E-state index in [0.717, 1.165) is 31.6 Å². The van der Waals surface area contributed by atoms with Crippen molar-refractivity contribution in [2.75, 3.05) is 13.1 Å². The Labute approximate surface area is 196 Å². The van der Waals surface area contributed by atoms with Crippen LogP contribution < -0.4 is 0 Å². The molecule has 1 amide bonds. The molecule has 2 aromatic rings. The predicted octanol–water partition coefficient (Wildman–Crippen LogP) is 2.83. The number of amidine groups is 1. The van der Waals surface area contributed by atoms with Crippen molar-refractivity contribution < 1.29 is 9.53 Å².